The van der Waals surface area contributed by atoms with Gasteiger partial charge in [0.2, 0.25) is 0 Å². The maximum absolute atomic E-state index is 12.8. The number of nitrogens with zero attached hydrogens (tertiary/aromatic N) is 3. The summed E-state index contributed by atoms with van der Waals surface area (Å²) in [7, 11) is 1.74. The van der Waals surface area contributed by atoms with Crippen molar-refractivity contribution in [3.8, 4) is 0 Å². The fraction of sp³-hybridized carbons (Fsp3) is 0.273. The molecule has 0 aromatic carbocycles. The number of alkyl halides is 3. The van der Waals surface area contributed by atoms with E-state index in [9.17, 15) is 13.2 Å². The van der Waals surface area contributed by atoms with Crippen molar-refractivity contribution in [1.29, 1.82) is 0 Å². The highest BCUT2D eigenvalue weighted by molar-refractivity contribution is 9.10. The van der Waals surface area contributed by atoms with Crippen LogP contribution in [-0.4, -0.2) is 14.8 Å². The van der Waals surface area contributed by atoms with Crippen LogP contribution in [0.25, 0.3) is 0 Å². The van der Waals surface area contributed by atoms with Crippen molar-refractivity contribution in [2.45, 2.75) is 12.7 Å². The van der Waals surface area contributed by atoms with Gasteiger partial charge < -0.3 is 5.32 Å². The lowest BCUT2D eigenvalue weighted by molar-refractivity contribution is -0.137. The molecule has 0 saturated carbocycles. The smallest absolute Gasteiger partial charge is 0.364 e. The number of aromatic nitrogens is 3. The van der Waals surface area contributed by atoms with E-state index in [1.54, 1.807) is 24.0 Å². The molecule has 2 heterocycles. The van der Waals surface area contributed by atoms with Crippen LogP contribution in [-0.2, 0) is 19.8 Å². The van der Waals surface area contributed by atoms with E-state index < -0.39 is 11.7 Å². The van der Waals surface area contributed by atoms with Crippen LogP contribution in [0.1, 0.15) is 11.3 Å². The van der Waals surface area contributed by atoms with Crippen molar-refractivity contribution in [2.75, 3.05) is 5.32 Å². The Kier molecular flexibility index (Phi) is 3.79. The van der Waals surface area contributed by atoms with Gasteiger partial charge in [-0.3, -0.25) is 4.68 Å². The molecule has 0 aliphatic rings. The third-order valence-corrected chi connectivity index (χ3v) is 2.80. The van der Waals surface area contributed by atoms with Gasteiger partial charge in [-0.05, 0) is 28.1 Å². The summed E-state index contributed by atoms with van der Waals surface area (Å²) in [5.41, 5.74) is -0.168. The lowest BCUT2D eigenvalue weighted by atomic mass is 10.2. The summed E-state index contributed by atoms with van der Waals surface area (Å²) in [6.45, 7) is 0.179. The normalized spacial score (nSPS) is 11.6. The molecule has 1 N–H and O–H groups in total. The van der Waals surface area contributed by atoms with Gasteiger partial charge in [0.15, 0.2) is 0 Å². The highest BCUT2D eigenvalue weighted by atomic mass is 79.9. The molecule has 0 radical (unpaired) electrons. The van der Waals surface area contributed by atoms with Crippen molar-refractivity contribution in [3.63, 3.8) is 0 Å². The monoisotopic (exact) mass is 334 g/mol. The quantitative estimate of drug-likeness (QED) is 0.937. The van der Waals surface area contributed by atoms with E-state index in [2.05, 4.69) is 31.3 Å². The molecule has 0 amide bonds. The molecular weight excluding hydrogens is 325 g/mol. The number of halogens is 4. The molecule has 4 nitrogen and oxygen atoms in total. The minimum absolute atomic E-state index is 0.179. The average molecular weight is 335 g/mol. The Morgan fingerprint density at radius 2 is 2.16 bits per heavy atom. The van der Waals surface area contributed by atoms with Crippen molar-refractivity contribution in [1.82, 2.24) is 14.8 Å². The molecule has 0 unspecified atom stereocenters. The molecule has 102 valence electrons. The van der Waals surface area contributed by atoms with Crippen LogP contribution in [0.15, 0.2) is 29.0 Å². The summed E-state index contributed by atoms with van der Waals surface area (Å²) in [5.74, 6) is -0.207. The largest absolute Gasteiger partial charge is 0.419 e. The minimum atomic E-state index is -4.46. The number of hydrogen-bond donors (Lipinski definition) is 1. The van der Waals surface area contributed by atoms with Gasteiger partial charge in [-0.25, -0.2) is 4.98 Å². The first-order valence-corrected chi connectivity index (χ1v) is 6.10. The number of rotatable bonds is 3. The maximum atomic E-state index is 12.8. The van der Waals surface area contributed by atoms with Gasteiger partial charge >= 0.3 is 6.18 Å². The Balaban J connectivity index is 2.20. The van der Waals surface area contributed by atoms with E-state index in [1.165, 1.54) is 6.20 Å². The molecule has 0 atom stereocenters. The molecular formula is C11H10BrF3N4. The third-order valence-electron chi connectivity index (χ3n) is 2.37. The molecule has 0 aliphatic heterocycles. The summed E-state index contributed by atoms with van der Waals surface area (Å²) in [6.07, 6.45) is -1.42. The van der Waals surface area contributed by atoms with Crippen LogP contribution in [0.5, 0.6) is 0 Å². The lowest BCUT2D eigenvalue weighted by Crippen LogP contribution is -2.12. The van der Waals surface area contributed by atoms with Crippen molar-refractivity contribution in [2.24, 2.45) is 7.05 Å². The maximum Gasteiger partial charge on any atom is 0.419 e. The molecule has 2 aromatic heterocycles. The zero-order valence-electron chi connectivity index (χ0n) is 9.87. The van der Waals surface area contributed by atoms with Crippen molar-refractivity contribution in [3.05, 3.63) is 40.3 Å². The van der Waals surface area contributed by atoms with Crippen LogP contribution in [0.3, 0.4) is 0 Å². The molecule has 2 rings (SSSR count). The van der Waals surface area contributed by atoms with Gasteiger partial charge in [0.05, 0.1) is 17.8 Å². The molecule has 0 bridgehead atoms. The van der Waals surface area contributed by atoms with Crippen molar-refractivity contribution >= 4 is 21.7 Å². The Morgan fingerprint density at radius 3 is 2.74 bits per heavy atom. The first-order valence-electron chi connectivity index (χ1n) is 5.31. The van der Waals surface area contributed by atoms with Gasteiger partial charge in [0.1, 0.15) is 5.82 Å². The zero-order chi connectivity index (χ0) is 14.0. The molecule has 0 fully saturated rings. The Morgan fingerprint density at radius 1 is 1.42 bits per heavy atom. The van der Waals surface area contributed by atoms with Crippen LogP contribution >= 0.6 is 15.9 Å². The zero-order valence-corrected chi connectivity index (χ0v) is 11.5. The van der Waals surface area contributed by atoms with Gasteiger partial charge in [-0.2, -0.15) is 18.3 Å². The van der Waals surface area contributed by atoms with Crippen LogP contribution in [0, 0.1) is 0 Å². The van der Waals surface area contributed by atoms with Gasteiger partial charge in [-0.15, -0.1) is 0 Å². The summed E-state index contributed by atoms with van der Waals surface area (Å²) in [6, 6.07) is 2.72. The predicted octanol–water partition coefficient (Wildman–Crippen LogP) is 3.21. The topological polar surface area (TPSA) is 42.7 Å². The number of hydrogen-bond acceptors (Lipinski definition) is 3. The Labute approximate surface area is 115 Å². The molecule has 2 aromatic rings. The highest BCUT2D eigenvalue weighted by Gasteiger charge is 2.34. The second kappa shape index (κ2) is 5.20. The molecule has 19 heavy (non-hydrogen) atoms. The van der Waals surface area contributed by atoms with Crippen LogP contribution < -0.4 is 5.32 Å². The number of aryl methyl sites for hydroxylation is 1. The van der Waals surface area contributed by atoms with E-state index in [4.69, 9.17) is 0 Å². The summed E-state index contributed by atoms with van der Waals surface area (Å²) in [5, 5.41) is 6.72. The number of nitrogens with one attached hydrogen (secondary N) is 1. The fourth-order valence-corrected chi connectivity index (χ4v) is 1.86. The summed E-state index contributed by atoms with van der Waals surface area (Å²) in [4.78, 5) is 3.75. The minimum Gasteiger partial charge on any atom is -0.364 e. The molecule has 0 spiro atoms. The first kappa shape index (κ1) is 13.9. The molecule has 8 heteroatoms. The standard InChI is InChI=1S/C11H10BrF3N4/c1-19-3-2-8(18-19)6-17-10-9(11(13,14)15)4-7(12)5-16-10/h2-5H,6H2,1H3,(H,16,17). The predicted molar refractivity (Wildman–Crippen MR) is 67.5 cm³/mol. The second-order valence-corrected chi connectivity index (χ2v) is 4.80. The van der Waals surface area contributed by atoms with E-state index >= 15 is 0 Å². The lowest BCUT2D eigenvalue weighted by Gasteiger charge is -2.13. The Hall–Kier alpha value is -1.57. The van der Waals surface area contributed by atoms with Gasteiger partial charge in [0.25, 0.3) is 0 Å². The van der Waals surface area contributed by atoms with Crippen LogP contribution in [0.2, 0.25) is 0 Å². The Bertz CT molecular complexity index is 580. The summed E-state index contributed by atoms with van der Waals surface area (Å²) < 4.78 is 40.4. The van der Waals surface area contributed by atoms with Gasteiger partial charge in [0, 0.05) is 23.9 Å². The molecule has 0 saturated heterocycles. The van der Waals surface area contributed by atoms with E-state index in [0.717, 1.165) is 6.07 Å². The van der Waals surface area contributed by atoms with E-state index in [1.807, 2.05) is 0 Å². The van der Waals surface area contributed by atoms with Gasteiger partial charge in [-0.1, -0.05) is 0 Å². The number of anilines is 1. The average Bonchev–Trinajstić information content (AvgIpc) is 2.72. The fourth-order valence-electron chi connectivity index (χ4n) is 1.53. The molecule has 0 aliphatic carbocycles. The number of pyridine rings is 1. The van der Waals surface area contributed by atoms with Crippen LogP contribution in [0.4, 0.5) is 19.0 Å². The first-order chi connectivity index (χ1) is 8.86. The SMILES string of the molecule is Cn1ccc(CNc2ncc(Br)cc2C(F)(F)F)n1. The highest BCUT2D eigenvalue weighted by Crippen LogP contribution is 2.35. The summed E-state index contributed by atoms with van der Waals surface area (Å²) >= 11 is 2.98. The van der Waals surface area contributed by atoms with E-state index in [-0.39, 0.29) is 16.8 Å². The van der Waals surface area contributed by atoms with Crippen molar-refractivity contribution < 1.29 is 13.2 Å². The third kappa shape index (κ3) is 3.46. The van der Waals surface area contributed by atoms with E-state index in [0.29, 0.717) is 5.69 Å². The second-order valence-electron chi connectivity index (χ2n) is 3.88.